The van der Waals surface area contributed by atoms with Gasteiger partial charge in [-0.2, -0.15) is 0 Å². The van der Waals surface area contributed by atoms with Crippen LogP contribution >= 0.6 is 0 Å². The number of ether oxygens (including phenoxy) is 1. The number of benzene rings is 1. The number of aryl methyl sites for hydroxylation is 4. The second-order valence-corrected chi connectivity index (χ2v) is 7.36. The summed E-state index contributed by atoms with van der Waals surface area (Å²) in [6.07, 6.45) is 4.90. The van der Waals surface area contributed by atoms with Gasteiger partial charge in [0, 0.05) is 11.3 Å². The average molecular weight is 340 g/mol. The fraction of sp³-hybridized carbons (Fsp3) is 0.522. The predicted molar refractivity (Wildman–Crippen MR) is 107 cm³/mol. The Morgan fingerprint density at radius 2 is 1.60 bits per heavy atom. The van der Waals surface area contributed by atoms with Crippen LogP contribution in [0, 0.1) is 34.6 Å². The molecule has 2 rings (SSSR count). The molecule has 0 saturated carbocycles. The minimum absolute atomic E-state index is 0.587. The highest BCUT2D eigenvalue weighted by atomic mass is 16.5. The Bertz CT molecular complexity index is 710. The molecule has 1 atom stereocenters. The van der Waals surface area contributed by atoms with Gasteiger partial charge in [0.2, 0.25) is 5.88 Å². The van der Waals surface area contributed by atoms with Gasteiger partial charge in [-0.15, -0.1) is 0 Å². The highest BCUT2D eigenvalue weighted by molar-refractivity contribution is 5.47. The molecule has 25 heavy (non-hydrogen) atoms. The van der Waals surface area contributed by atoms with E-state index >= 15 is 0 Å². The number of hydrogen-bond donors (Lipinski definition) is 0. The summed E-state index contributed by atoms with van der Waals surface area (Å²) in [7, 11) is 0. The van der Waals surface area contributed by atoms with Crippen LogP contribution in [-0.2, 0) is 0 Å². The first kappa shape index (κ1) is 19.5. The third-order valence-electron chi connectivity index (χ3n) is 5.04. The topological polar surface area (TPSA) is 22.1 Å². The molecule has 0 aliphatic rings. The van der Waals surface area contributed by atoms with E-state index in [1.165, 1.54) is 47.1 Å². The van der Waals surface area contributed by atoms with E-state index in [1.807, 2.05) is 0 Å². The second-order valence-electron chi connectivity index (χ2n) is 7.36. The van der Waals surface area contributed by atoms with Crippen LogP contribution in [0.5, 0.6) is 11.6 Å². The zero-order valence-corrected chi connectivity index (χ0v) is 17.0. The predicted octanol–water partition coefficient (Wildman–Crippen LogP) is 7.10. The molecule has 2 nitrogen and oxygen atoms in total. The summed E-state index contributed by atoms with van der Waals surface area (Å²) in [5.74, 6) is 2.29. The monoisotopic (exact) mass is 339 g/mol. The summed E-state index contributed by atoms with van der Waals surface area (Å²) >= 11 is 0. The summed E-state index contributed by atoms with van der Waals surface area (Å²) in [6, 6.07) is 6.59. The van der Waals surface area contributed by atoms with Crippen molar-refractivity contribution < 1.29 is 4.74 Å². The molecule has 1 aromatic carbocycles. The maximum Gasteiger partial charge on any atom is 0.222 e. The van der Waals surface area contributed by atoms with Crippen molar-refractivity contribution in [3.8, 4) is 11.6 Å². The van der Waals surface area contributed by atoms with Crippen LogP contribution < -0.4 is 4.74 Å². The van der Waals surface area contributed by atoms with E-state index in [4.69, 9.17) is 9.72 Å². The van der Waals surface area contributed by atoms with Gasteiger partial charge in [-0.1, -0.05) is 44.4 Å². The first-order valence-electron chi connectivity index (χ1n) is 9.61. The maximum atomic E-state index is 6.34. The van der Waals surface area contributed by atoms with E-state index < -0.39 is 0 Å². The lowest BCUT2D eigenvalue weighted by Gasteiger charge is -2.21. The molecular formula is C23H33NO. The van der Waals surface area contributed by atoms with Crippen LogP contribution in [0.15, 0.2) is 18.2 Å². The molecule has 1 heterocycles. The quantitative estimate of drug-likeness (QED) is 0.536. The lowest BCUT2D eigenvalue weighted by molar-refractivity contribution is 0.447. The van der Waals surface area contributed by atoms with Crippen LogP contribution in [0.3, 0.4) is 0 Å². The van der Waals surface area contributed by atoms with Crippen molar-refractivity contribution in [3.63, 3.8) is 0 Å². The number of pyridine rings is 1. The van der Waals surface area contributed by atoms with Crippen LogP contribution in [0.2, 0.25) is 0 Å². The molecule has 0 fully saturated rings. The molecule has 0 aliphatic carbocycles. The van der Waals surface area contributed by atoms with Gasteiger partial charge < -0.3 is 4.74 Å². The number of rotatable bonds is 7. The number of unbranched alkanes of at least 4 members (excludes halogenated alkanes) is 1. The summed E-state index contributed by atoms with van der Waals surface area (Å²) in [5, 5.41) is 0. The Hall–Kier alpha value is -1.83. The van der Waals surface area contributed by atoms with Crippen LogP contribution in [0.25, 0.3) is 0 Å². The summed E-state index contributed by atoms with van der Waals surface area (Å²) in [6.45, 7) is 15.1. The fourth-order valence-electron chi connectivity index (χ4n) is 3.71. The molecular weight excluding hydrogens is 306 g/mol. The number of nitrogens with zero attached hydrogens (tertiary/aromatic N) is 1. The van der Waals surface area contributed by atoms with Gasteiger partial charge in [0.25, 0.3) is 0 Å². The van der Waals surface area contributed by atoms with E-state index in [1.54, 1.807) is 0 Å². The first-order chi connectivity index (χ1) is 11.9. The Morgan fingerprint density at radius 1 is 0.960 bits per heavy atom. The van der Waals surface area contributed by atoms with Crippen LogP contribution in [0.1, 0.15) is 79.0 Å². The third kappa shape index (κ3) is 4.62. The zero-order chi connectivity index (χ0) is 18.6. The first-order valence-corrected chi connectivity index (χ1v) is 9.61. The highest BCUT2D eigenvalue weighted by Gasteiger charge is 2.18. The summed E-state index contributed by atoms with van der Waals surface area (Å²) in [4.78, 5) is 4.71. The summed E-state index contributed by atoms with van der Waals surface area (Å²) < 4.78 is 6.34. The average Bonchev–Trinajstić information content (AvgIpc) is 2.55. The van der Waals surface area contributed by atoms with Gasteiger partial charge >= 0.3 is 0 Å². The van der Waals surface area contributed by atoms with Gasteiger partial charge in [0.1, 0.15) is 5.75 Å². The molecule has 0 bridgehead atoms. The SMILES string of the molecule is CCCCC(CC)c1cc(C)nc(Oc2c(C)cc(C)cc2C)c1C. The lowest BCUT2D eigenvalue weighted by Crippen LogP contribution is -2.05. The smallest absolute Gasteiger partial charge is 0.222 e. The van der Waals surface area contributed by atoms with E-state index in [-0.39, 0.29) is 0 Å². The van der Waals surface area contributed by atoms with Crippen LogP contribution in [0.4, 0.5) is 0 Å². The Balaban J connectivity index is 2.43. The summed E-state index contributed by atoms with van der Waals surface area (Å²) in [5.41, 5.74) is 7.23. The largest absolute Gasteiger partial charge is 0.438 e. The number of aromatic nitrogens is 1. The van der Waals surface area contributed by atoms with Crippen LogP contribution in [-0.4, -0.2) is 4.98 Å². The van der Waals surface area contributed by atoms with Gasteiger partial charge in [-0.3, -0.25) is 0 Å². The van der Waals surface area contributed by atoms with Crippen molar-refractivity contribution in [3.05, 3.63) is 51.7 Å². The molecule has 2 aromatic rings. The van der Waals surface area contributed by atoms with Crippen molar-refractivity contribution in [1.29, 1.82) is 0 Å². The molecule has 136 valence electrons. The van der Waals surface area contributed by atoms with Crippen molar-refractivity contribution in [2.24, 2.45) is 0 Å². The van der Waals surface area contributed by atoms with E-state index in [0.29, 0.717) is 5.92 Å². The molecule has 2 heteroatoms. The van der Waals surface area contributed by atoms with Gasteiger partial charge in [-0.25, -0.2) is 4.98 Å². The van der Waals surface area contributed by atoms with Crippen molar-refractivity contribution in [2.75, 3.05) is 0 Å². The van der Waals surface area contributed by atoms with E-state index in [9.17, 15) is 0 Å². The maximum absolute atomic E-state index is 6.34. The Kier molecular flexibility index (Phi) is 6.64. The molecule has 0 N–H and O–H groups in total. The minimum Gasteiger partial charge on any atom is -0.438 e. The molecule has 1 aromatic heterocycles. The fourth-order valence-corrected chi connectivity index (χ4v) is 3.71. The molecule has 0 saturated heterocycles. The normalized spacial score (nSPS) is 12.3. The van der Waals surface area contributed by atoms with Crippen molar-refractivity contribution >= 4 is 0 Å². The van der Waals surface area contributed by atoms with E-state index in [2.05, 4.69) is 66.7 Å². The molecule has 0 amide bonds. The standard InChI is InChI=1S/C23H33NO/c1-8-10-11-20(9-2)21-14-18(6)24-23(19(21)7)25-22-16(4)12-15(3)13-17(22)5/h12-14,20H,8-11H2,1-7H3. The van der Waals surface area contributed by atoms with Gasteiger partial charge in [0.15, 0.2) is 0 Å². The molecule has 0 aliphatic heterocycles. The number of hydrogen-bond acceptors (Lipinski definition) is 2. The molecule has 0 radical (unpaired) electrons. The minimum atomic E-state index is 0.587. The zero-order valence-electron chi connectivity index (χ0n) is 17.0. The second kappa shape index (κ2) is 8.51. The van der Waals surface area contributed by atoms with E-state index in [0.717, 1.165) is 23.7 Å². The molecule has 1 unspecified atom stereocenters. The third-order valence-corrected chi connectivity index (χ3v) is 5.04. The van der Waals surface area contributed by atoms with Crippen molar-refractivity contribution in [1.82, 2.24) is 4.98 Å². The van der Waals surface area contributed by atoms with Gasteiger partial charge in [-0.05, 0) is 76.1 Å². The highest BCUT2D eigenvalue weighted by Crippen LogP contribution is 2.36. The van der Waals surface area contributed by atoms with Crippen molar-refractivity contribution in [2.45, 2.75) is 80.1 Å². The Labute approximate surface area is 153 Å². The van der Waals surface area contributed by atoms with Gasteiger partial charge in [0.05, 0.1) is 0 Å². The lowest BCUT2D eigenvalue weighted by atomic mass is 9.88. The molecule has 0 spiro atoms. The Morgan fingerprint density at radius 3 is 2.16 bits per heavy atom.